The van der Waals surface area contributed by atoms with Gasteiger partial charge >= 0.3 is 0 Å². The second-order valence-electron chi connectivity index (χ2n) is 2.10. The van der Waals surface area contributed by atoms with E-state index in [9.17, 15) is 0 Å². The predicted octanol–water partition coefficient (Wildman–Crippen LogP) is 0.537. The van der Waals surface area contributed by atoms with Crippen LogP contribution in [0, 0.1) is 6.92 Å². The SMILES string of the molecule is Cc1cn(C)c(/C=N/O)n1. The monoisotopic (exact) mass is 139 g/mol. The molecule has 1 aromatic heterocycles. The molecule has 0 bridgehead atoms. The smallest absolute Gasteiger partial charge is 0.154 e. The highest BCUT2D eigenvalue weighted by atomic mass is 16.4. The molecule has 1 N–H and O–H groups in total. The third kappa shape index (κ3) is 1.15. The lowest BCUT2D eigenvalue weighted by molar-refractivity contribution is 0.321. The average Bonchev–Trinajstić information content (AvgIpc) is 2.13. The van der Waals surface area contributed by atoms with Crippen LogP contribution >= 0.6 is 0 Å². The van der Waals surface area contributed by atoms with E-state index in [-0.39, 0.29) is 0 Å². The standard InChI is InChI=1S/C6H9N3O/c1-5-4-9(2)6(8-5)3-7-10/h3-4,10H,1-2H3/b7-3+. The van der Waals surface area contributed by atoms with E-state index in [2.05, 4.69) is 10.1 Å². The fourth-order valence-electron chi connectivity index (χ4n) is 0.806. The summed E-state index contributed by atoms with van der Waals surface area (Å²) in [6.45, 7) is 1.88. The summed E-state index contributed by atoms with van der Waals surface area (Å²) in [6.07, 6.45) is 3.16. The van der Waals surface area contributed by atoms with Gasteiger partial charge in [0.15, 0.2) is 5.82 Å². The molecule has 0 spiro atoms. The molecule has 1 heterocycles. The first-order valence-corrected chi connectivity index (χ1v) is 2.91. The van der Waals surface area contributed by atoms with Gasteiger partial charge < -0.3 is 9.77 Å². The number of hydrogen-bond donors (Lipinski definition) is 1. The van der Waals surface area contributed by atoms with Crippen molar-refractivity contribution in [1.82, 2.24) is 9.55 Å². The van der Waals surface area contributed by atoms with Crippen LogP contribution in [-0.4, -0.2) is 21.0 Å². The first kappa shape index (κ1) is 6.80. The topological polar surface area (TPSA) is 50.4 Å². The molecular formula is C6H9N3O. The molecule has 1 rings (SSSR count). The lowest BCUT2D eigenvalue weighted by Crippen LogP contribution is -1.94. The minimum Gasteiger partial charge on any atom is -0.411 e. The summed E-state index contributed by atoms with van der Waals surface area (Å²) in [5.41, 5.74) is 0.914. The molecule has 0 saturated carbocycles. The Morgan fingerprint density at radius 3 is 2.90 bits per heavy atom. The van der Waals surface area contributed by atoms with E-state index in [1.807, 2.05) is 20.2 Å². The lowest BCUT2D eigenvalue weighted by Gasteiger charge is -1.88. The van der Waals surface area contributed by atoms with Gasteiger partial charge in [0.05, 0.1) is 5.69 Å². The summed E-state index contributed by atoms with van der Waals surface area (Å²) < 4.78 is 1.79. The van der Waals surface area contributed by atoms with Crippen LogP contribution in [0.1, 0.15) is 11.5 Å². The molecule has 0 aromatic carbocycles. The van der Waals surface area contributed by atoms with Crippen molar-refractivity contribution in [2.75, 3.05) is 0 Å². The van der Waals surface area contributed by atoms with E-state index in [1.54, 1.807) is 4.57 Å². The number of imidazole rings is 1. The van der Waals surface area contributed by atoms with Gasteiger partial charge in [0, 0.05) is 13.2 Å². The fourth-order valence-corrected chi connectivity index (χ4v) is 0.806. The van der Waals surface area contributed by atoms with Gasteiger partial charge in [0.25, 0.3) is 0 Å². The van der Waals surface area contributed by atoms with Crippen LogP contribution in [0.15, 0.2) is 11.4 Å². The van der Waals surface area contributed by atoms with E-state index in [1.165, 1.54) is 6.21 Å². The number of aryl methyl sites for hydroxylation is 2. The molecule has 0 saturated heterocycles. The van der Waals surface area contributed by atoms with Gasteiger partial charge in [-0.05, 0) is 6.92 Å². The summed E-state index contributed by atoms with van der Waals surface area (Å²) in [5.74, 6) is 0.653. The Hall–Kier alpha value is -1.32. The highest BCUT2D eigenvalue weighted by Crippen LogP contribution is 1.95. The molecule has 0 aliphatic heterocycles. The van der Waals surface area contributed by atoms with E-state index >= 15 is 0 Å². The highest BCUT2D eigenvalue weighted by Gasteiger charge is 1.96. The molecule has 1 aromatic rings. The Balaban J connectivity index is 3.03. The first-order chi connectivity index (χ1) is 4.74. The Morgan fingerprint density at radius 2 is 2.50 bits per heavy atom. The maximum Gasteiger partial charge on any atom is 0.154 e. The summed E-state index contributed by atoms with van der Waals surface area (Å²) in [4.78, 5) is 4.05. The molecule has 4 nitrogen and oxygen atoms in total. The van der Waals surface area contributed by atoms with Crippen molar-refractivity contribution in [2.24, 2.45) is 12.2 Å². The maximum absolute atomic E-state index is 8.17. The van der Waals surface area contributed by atoms with Crippen LogP contribution in [0.5, 0.6) is 0 Å². The van der Waals surface area contributed by atoms with E-state index in [0.29, 0.717) is 5.82 Å². The normalized spacial score (nSPS) is 11.0. The molecule has 4 heteroatoms. The zero-order valence-electron chi connectivity index (χ0n) is 5.94. The van der Waals surface area contributed by atoms with Crippen LogP contribution in [-0.2, 0) is 7.05 Å². The van der Waals surface area contributed by atoms with Gasteiger partial charge in [-0.25, -0.2) is 4.98 Å². The number of hydrogen-bond acceptors (Lipinski definition) is 3. The zero-order valence-corrected chi connectivity index (χ0v) is 5.94. The lowest BCUT2D eigenvalue weighted by atomic mass is 10.6. The average molecular weight is 139 g/mol. The van der Waals surface area contributed by atoms with Crippen molar-refractivity contribution in [3.05, 3.63) is 17.7 Å². The van der Waals surface area contributed by atoms with Crippen molar-refractivity contribution < 1.29 is 5.21 Å². The van der Waals surface area contributed by atoms with Crippen LogP contribution < -0.4 is 0 Å². The van der Waals surface area contributed by atoms with Gasteiger partial charge in [-0.15, -0.1) is 0 Å². The Labute approximate surface area is 58.8 Å². The van der Waals surface area contributed by atoms with E-state index in [4.69, 9.17) is 5.21 Å². The molecule has 0 fully saturated rings. The van der Waals surface area contributed by atoms with Crippen molar-refractivity contribution in [1.29, 1.82) is 0 Å². The second kappa shape index (κ2) is 2.51. The van der Waals surface area contributed by atoms with Crippen molar-refractivity contribution in [3.8, 4) is 0 Å². The second-order valence-corrected chi connectivity index (χ2v) is 2.10. The Morgan fingerprint density at radius 1 is 1.80 bits per heavy atom. The molecule has 0 amide bonds. The van der Waals surface area contributed by atoms with Crippen LogP contribution in [0.4, 0.5) is 0 Å². The van der Waals surface area contributed by atoms with Crippen LogP contribution in [0.3, 0.4) is 0 Å². The van der Waals surface area contributed by atoms with Crippen molar-refractivity contribution in [2.45, 2.75) is 6.92 Å². The molecule has 0 atom stereocenters. The summed E-state index contributed by atoms with van der Waals surface area (Å²) in [6, 6.07) is 0. The zero-order chi connectivity index (χ0) is 7.56. The minimum atomic E-state index is 0.653. The Bertz CT molecular complexity index is 251. The van der Waals surface area contributed by atoms with Crippen molar-refractivity contribution in [3.63, 3.8) is 0 Å². The molecular weight excluding hydrogens is 130 g/mol. The van der Waals surface area contributed by atoms with Gasteiger partial charge in [-0.2, -0.15) is 0 Å². The molecule has 10 heavy (non-hydrogen) atoms. The fraction of sp³-hybridized carbons (Fsp3) is 0.333. The highest BCUT2D eigenvalue weighted by molar-refractivity contribution is 5.74. The molecule has 0 unspecified atom stereocenters. The molecule has 0 aliphatic carbocycles. The first-order valence-electron chi connectivity index (χ1n) is 2.91. The quantitative estimate of drug-likeness (QED) is 0.350. The van der Waals surface area contributed by atoms with E-state index in [0.717, 1.165) is 5.69 Å². The number of aromatic nitrogens is 2. The van der Waals surface area contributed by atoms with Gasteiger partial charge in [-0.3, -0.25) is 0 Å². The maximum atomic E-state index is 8.17. The predicted molar refractivity (Wildman–Crippen MR) is 37.3 cm³/mol. The number of nitrogens with zero attached hydrogens (tertiary/aromatic N) is 3. The largest absolute Gasteiger partial charge is 0.411 e. The number of oxime groups is 1. The molecule has 0 aliphatic rings. The van der Waals surface area contributed by atoms with Gasteiger partial charge in [0.1, 0.15) is 6.21 Å². The summed E-state index contributed by atoms with van der Waals surface area (Å²) >= 11 is 0. The summed E-state index contributed by atoms with van der Waals surface area (Å²) in [5, 5.41) is 11.0. The van der Waals surface area contributed by atoms with Gasteiger partial charge in [-0.1, -0.05) is 5.16 Å². The third-order valence-electron chi connectivity index (χ3n) is 1.21. The number of rotatable bonds is 1. The van der Waals surface area contributed by atoms with E-state index < -0.39 is 0 Å². The molecule has 0 radical (unpaired) electrons. The minimum absolute atomic E-state index is 0.653. The van der Waals surface area contributed by atoms with Gasteiger partial charge in [0.2, 0.25) is 0 Å². The Kier molecular flexibility index (Phi) is 1.71. The molecule has 54 valence electrons. The summed E-state index contributed by atoms with van der Waals surface area (Å²) in [7, 11) is 1.84. The van der Waals surface area contributed by atoms with Crippen molar-refractivity contribution >= 4 is 6.21 Å². The van der Waals surface area contributed by atoms with Crippen LogP contribution in [0.25, 0.3) is 0 Å². The third-order valence-corrected chi connectivity index (χ3v) is 1.21. The van der Waals surface area contributed by atoms with Crippen LogP contribution in [0.2, 0.25) is 0 Å².